The van der Waals surface area contributed by atoms with Crippen molar-refractivity contribution in [1.82, 2.24) is 19.5 Å². The van der Waals surface area contributed by atoms with Crippen molar-refractivity contribution in [2.75, 3.05) is 45.2 Å². The molecule has 3 aromatic heterocycles. The molecule has 0 unspecified atom stereocenters. The Kier molecular flexibility index (Phi) is 7.29. The molecule has 158 valence electrons. The third-order valence-electron chi connectivity index (χ3n) is 4.01. The third kappa shape index (κ3) is 4.53. The van der Waals surface area contributed by atoms with Crippen LogP contribution in [0.5, 0.6) is 11.8 Å². The first kappa shape index (κ1) is 21.9. The normalized spacial score (nSPS) is 10.2. The molecular formula is C19H27FN6O3. The SMILES string of the molecule is CCF.COc1nc(N(C)C)nc(OC)c1-c1cc2cc(NC=O)ncc2n1C.[HH]. The Labute approximate surface area is 170 Å². The predicted octanol–water partition coefficient (Wildman–Crippen LogP) is 2.90. The monoisotopic (exact) mass is 406 g/mol. The van der Waals surface area contributed by atoms with Gasteiger partial charge in [0.1, 0.15) is 11.4 Å². The van der Waals surface area contributed by atoms with Crippen molar-refractivity contribution in [2.24, 2.45) is 7.05 Å². The Bertz CT molecular complexity index is 971. The highest BCUT2D eigenvalue weighted by Gasteiger charge is 2.22. The van der Waals surface area contributed by atoms with E-state index < -0.39 is 0 Å². The average molecular weight is 406 g/mol. The maximum atomic E-state index is 10.6. The Morgan fingerprint density at radius 3 is 2.31 bits per heavy atom. The Morgan fingerprint density at radius 2 is 1.83 bits per heavy atom. The molecule has 3 heterocycles. The summed E-state index contributed by atoms with van der Waals surface area (Å²) in [5, 5.41) is 3.46. The lowest BCUT2D eigenvalue weighted by Crippen LogP contribution is -2.14. The van der Waals surface area contributed by atoms with Crippen LogP contribution in [0.3, 0.4) is 0 Å². The van der Waals surface area contributed by atoms with Gasteiger partial charge in [-0.3, -0.25) is 9.18 Å². The molecule has 0 bridgehead atoms. The zero-order valence-electron chi connectivity index (χ0n) is 17.4. The number of nitrogens with one attached hydrogen (secondary N) is 1. The highest BCUT2D eigenvalue weighted by atomic mass is 19.1. The highest BCUT2D eigenvalue weighted by Crippen LogP contribution is 2.39. The maximum absolute atomic E-state index is 10.6. The summed E-state index contributed by atoms with van der Waals surface area (Å²) in [5.41, 5.74) is 2.34. The molecule has 1 N–H and O–H groups in total. The zero-order chi connectivity index (χ0) is 21.6. The number of nitrogens with zero attached hydrogens (tertiary/aromatic N) is 5. The fourth-order valence-corrected chi connectivity index (χ4v) is 2.74. The number of carbonyl (C=O) groups excluding carboxylic acids is 1. The van der Waals surface area contributed by atoms with Crippen molar-refractivity contribution in [3.63, 3.8) is 0 Å². The van der Waals surface area contributed by atoms with Crippen LogP contribution in [0.1, 0.15) is 8.35 Å². The quantitative estimate of drug-likeness (QED) is 0.629. The number of amides is 1. The molecular weight excluding hydrogens is 379 g/mol. The van der Waals surface area contributed by atoms with Gasteiger partial charge in [0.2, 0.25) is 24.1 Å². The van der Waals surface area contributed by atoms with Crippen LogP contribution in [0.4, 0.5) is 16.2 Å². The second-order valence-electron chi connectivity index (χ2n) is 6.06. The Balaban J connectivity index is 0.00000106. The number of methoxy groups -OCH3 is 2. The number of pyridine rings is 1. The summed E-state index contributed by atoms with van der Waals surface area (Å²) < 4.78 is 23.2. The van der Waals surface area contributed by atoms with E-state index in [-0.39, 0.29) is 8.10 Å². The van der Waals surface area contributed by atoms with Gasteiger partial charge in [0.25, 0.3) is 0 Å². The summed E-state index contributed by atoms with van der Waals surface area (Å²) in [4.78, 5) is 25.6. The molecule has 0 fully saturated rings. The Morgan fingerprint density at radius 1 is 1.24 bits per heavy atom. The lowest BCUT2D eigenvalue weighted by atomic mass is 10.2. The first-order valence-corrected chi connectivity index (χ1v) is 8.81. The number of anilines is 2. The van der Waals surface area contributed by atoms with Gasteiger partial charge in [-0.2, -0.15) is 9.97 Å². The van der Waals surface area contributed by atoms with Crippen molar-refractivity contribution < 1.29 is 20.1 Å². The van der Waals surface area contributed by atoms with E-state index in [0.717, 1.165) is 16.6 Å². The van der Waals surface area contributed by atoms with Gasteiger partial charge < -0.3 is 24.3 Å². The number of alkyl halides is 1. The van der Waals surface area contributed by atoms with Crippen LogP contribution in [-0.2, 0) is 11.8 Å². The highest BCUT2D eigenvalue weighted by molar-refractivity contribution is 5.91. The van der Waals surface area contributed by atoms with E-state index in [2.05, 4.69) is 20.3 Å². The molecule has 1 amide bonds. The minimum absolute atomic E-state index is 0. The van der Waals surface area contributed by atoms with Crippen molar-refractivity contribution >= 4 is 29.1 Å². The zero-order valence-corrected chi connectivity index (χ0v) is 17.4. The molecule has 0 saturated heterocycles. The second kappa shape index (κ2) is 9.67. The lowest BCUT2D eigenvalue weighted by molar-refractivity contribution is -0.105. The van der Waals surface area contributed by atoms with Crippen LogP contribution in [0.15, 0.2) is 18.3 Å². The fourth-order valence-electron chi connectivity index (χ4n) is 2.74. The van der Waals surface area contributed by atoms with Crippen molar-refractivity contribution in [1.29, 1.82) is 0 Å². The molecule has 0 radical (unpaired) electrons. The molecule has 29 heavy (non-hydrogen) atoms. The molecule has 3 rings (SSSR count). The van der Waals surface area contributed by atoms with E-state index in [1.165, 1.54) is 6.92 Å². The lowest BCUT2D eigenvalue weighted by Gasteiger charge is -2.17. The average Bonchev–Trinajstić information content (AvgIpc) is 3.03. The first-order chi connectivity index (χ1) is 13.9. The molecule has 3 aromatic rings. The van der Waals surface area contributed by atoms with E-state index in [1.54, 1.807) is 31.4 Å². The summed E-state index contributed by atoms with van der Waals surface area (Å²) in [6.07, 6.45) is 2.29. The number of ether oxygens (including phenoxy) is 2. The number of aryl methyl sites for hydroxylation is 1. The number of hydrogen-bond donors (Lipinski definition) is 1. The fraction of sp³-hybridized carbons (Fsp3) is 0.368. The van der Waals surface area contributed by atoms with Crippen LogP contribution < -0.4 is 19.7 Å². The van der Waals surface area contributed by atoms with Crippen molar-refractivity contribution in [2.45, 2.75) is 6.92 Å². The summed E-state index contributed by atoms with van der Waals surface area (Å²) in [5.74, 6) is 1.78. The van der Waals surface area contributed by atoms with Crippen molar-refractivity contribution in [3.05, 3.63) is 18.3 Å². The van der Waals surface area contributed by atoms with E-state index in [0.29, 0.717) is 35.5 Å². The molecule has 0 aliphatic heterocycles. The van der Waals surface area contributed by atoms with Gasteiger partial charge in [0.15, 0.2) is 0 Å². The number of hydrogen-bond acceptors (Lipinski definition) is 7. The second-order valence-corrected chi connectivity index (χ2v) is 6.06. The van der Waals surface area contributed by atoms with Crippen LogP contribution in [0, 0.1) is 0 Å². The number of aromatic nitrogens is 4. The van der Waals surface area contributed by atoms with Gasteiger partial charge >= 0.3 is 0 Å². The van der Waals surface area contributed by atoms with Gasteiger partial charge in [0.05, 0.1) is 38.3 Å². The van der Waals surface area contributed by atoms with Crippen LogP contribution in [0.25, 0.3) is 22.2 Å². The van der Waals surface area contributed by atoms with Gasteiger partial charge in [-0.15, -0.1) is 0 Å². The molecule has 0 spiro atoms. The standard InChI is InChI=1S/C17H20N6O3.C2H5F.H2/c1-22(2)17-20-15(25-4)14(16(21-17)26-5)11-6-10-7-13(19-9-24)18-8-12(10)23(11)3;1-2-3;/h6-9H,1-5H3,(H,18,19,24);2H2,1H3;1H. The van der Waals surface area contributed by atoms with Crippen molar-refractivity contribution in [3.8, 4) is 23.0 Å². The summed E-state index contributed by atoms with van der Waals surface area (Å²) in [6, 6.07) is 3.74. The van der Waals surface area contributed by atoms with E-state index in [4.69, 9.17) is 9.47 Å². The van der Waals surface area contributed by atoms with Gasteiger partial charge in [-0.1, -0.05) is 0 Å². The number of rotatable bonds is 6. The van der Waals surface area contributed by atoms with Crippen LogP contribution >= 0.6 is 0 Å². The molecule has 10 heteroatoms. The summed E-state index contributed by atoms with van der Waals surface area (Å²) in [6.45, 7) is 1.21. The third-order valence-corrected chi connectivity index (χ3v) is 4.01. The maximum Gasteiger partial charge on any atom is 0.231 e. The molecule has 0 saturated carbocycles. The van der Waals surface area contributed by atoms with Gasteiger partial charge in [0, 0.05) is 28.0 Å². The number of halogens is 1. The summed E-state index contributed by atoms with van der Waals surface area (Å²) in [7, 11) is 8.71. The smallest absolute Gasteiger partial charge is 0.231 e. The number of carbonyl (C=O) groups is 1. The molecule has 0 aromatic carbocycles. The topological polar surface area (TPSA) is 94.4 Å². The predicted molar refractivity (Wildman–Crippen MR) is 113 cm³/mol. The molecule has 0 aliphatic rings. The summed E-state index contributed by atoms with van der Waals surface area (Å²) >= 11 is 0. The molecule has 0 atom stereocenters. The van der Waals surface area contributed by atoms with E-state index in [9.17, 15) is 9.18 Å². The minimum atomic E-state index is -0.250. The van der Waals surface area contributed by atoms with E-state index in [1.807, 2.05) is 31.8 Å². The molecule has 0 aliphatic carbocycles. The van der Waals surface area contributed by atoms with Gasteiger partial charge in [-0.05, 0) is 19.1 Å². The van der Waals surface area contributed by atoms with E-state index >= 15 is 0 Å². The number of fused-ring (bicyclic) bond motifs is 1. The van der Waals surface area contributed by atoms with Crippen LogP contribution in [0.2, 0.25) is 0 Å². The Hall–Kier alpha value is -3.43. The van der Waals surface area contributed by atoms with Crippen LogP contribution in [-0.4, -0.2) is 60.9 Å². The minimum Gasteiger partial charge on any atom is -0.480 e. The largest absolute Gasteiger partial charge is 0.480 e. The van der Waals surface area contributed by atoms with Gasteiger partial charge in [-0.25, -0.2) is 4.98 Å². The molecule has 9 nitrogen and oxygen atoms in total. The first-order valence-electron chi connectivity index (χ1n) is 8.81.